The molecule has 2 atom stereocenters. The van der Waals surface area contributed by atoms with Gasteiger partial charge in [-0.15, -0.1) is 0 Å². The van der Waals surface area contributed by atoms with Crippen LogP contribution in [0.4, 0.5) is 0 Å². The highest BCUT2D eigenvalue weighted by Gasteiger charge is 2.24. The van der Waals surface area contributed by atoms with E-state index in [2.05, 4.69) is 5.32 Å². The van der Waals surface area contributed by atoms with Gasteiger partial charge in [-0.1, -0.05) is 30.1 Å². The standard InChI is InChI=1S/C15H20Cl2N2O2/c1-9(15(21)18-3)8-19(4)10(2)14(20)12-6-5-11(16)7-13(12)17/h5-7,9-10H,8H2,1-4H3,(H,18,21). The Kier molecular flexibility index (Phi) is 6.65. The molecule has 2 unspecified atom stereocenters. The molecule has 4 nitrogen and oxygen atoms in total. The van der Waals surface area contributed by atoms with E-state index < -0.39 is 0 Å². The van der Waals surface area contributed by atoms with E-state index in [1.54, 1.807) is 32.2 Å². The maximum atomic E-state index is 12.5. The number of Topliss-reactive ketones (excluding diaryl/α,β-unsaturated/α-hetero) is 1. The molecular weight excluding hydrogens is 311 g/mol. The second-order valence-electron chi connectivity index (χ2n) is 5.12. The van der Waals surface area contributed by atoms with Crippen molar-refractivity contribution in [2.24, 2.45) is 5.92 Å². The van der Waals surface area contributed by atoms with Crippen molar-refractivity contribution in [3.8, 4) is 0 Å². The Balaban J connectivity index is 2.80. The first-order chi connectivity index (χ1) is 9.77. The van der Waals surface area contributed by atoms with Crippen molar-refractivity contribution in [3.05, 3.63) is 33.8 Å². The molecule has 0 radical (unpaired) electrons. The molecule has 0 saturated heterocycles. The third-order valence-electron chi connectivity index (χ3n) is 3.49. The smallest absolute Gasteiger partial charge is 0.223 e. The Morgan fingerprint density at radius 1 is 1.29 bits per heavy atom. The van der Waals surface area contributed by atoms with Gasteiger partial charge in [0.05, 0.1) is 11.1 Å². The summed E-state index contributed by atoms with van der Waals surface area (Å²) in [5.74, 6) is -0.342. The van der Waals surface area contributed by atoms with Crippen LogP contribution >= 0.6 is 23.2 Å². The Hall–Kier alpha value is -1.10. The molecule has 0 aliphatic carbocycles. The van der Waals surface area contributed by atoms with Crippen molar-refractivity contribution in [3.63, 3.8) is 0 Å². The highest BCUT2D eigenvalue weighted by atomic mass is 35.5. The molecule has 21 heavy (non-hydrogen) atoms. The lowest BCUT2D eigenvalue weighted by Crippen LogP contribution is -2.42. The number of hydrogen-bond donors (Lipinski definition) is 1. The van der Waals surface area contributed by atoms with Crippen molar-refractivity contribution in [2.45, 2.75) is 19.9 Å². The van der Waals surface area contributed by atoms with Crippen molar-refractivity contribution in [1.29, 1.82) is 0 Å². The number of benzene rings is 1. The Morgan fingerprint density at radius 2 is 1.90 bits per heavy atom. The summed E-state index contributed by atoms with van der Waals surface area (Å²) in [5.41, 5.74) is 0.438. The molecule has 1 aromatic carbocycles. The largest absolute Gasteiger partial charge is 0.359 e. The molecule has 0 aliphatic heterocycles. The molecule has 1 aromatic rings. The Morgan fingerprint density at radius 3 is 2.43 bits per heavy atom. The quantitative estimate of drug-likeness (QED) is 0.816. The summed E-state index contributed by atoms with van der Waals surface area (Å²) >= 11 is 11.9. The van der Waals surface area contributed by atoms with Crippen LogP contribution in [0.2, 0.25) is 10.0 Å². The normalized spacial score (nSPS) is 13.9. The second-order valence-corrected chi connectivity index (χ2v) is 5.96. The molecule has 1 rings (SSSR count). The van der Waals surface area contributed by atoms with E-state index in [1.807, 2.05) is 18.9 Å². The minimum Gasteiger partial charge on any atom is -0.359 e. The molecule has 0 spiro atoms. The van der Waals surface area contributed by atoms with Gasteiger partial charge in [0.2, 0.25) is 5.91 Å². The molecule has 1 N–H and O–H groups in total. The molecule has 6 heteroatoms. The number of amides is 1. The van der Waals surface area contributed by atoms with Gasteiger partial charge in [0.25, 0.3) is 0 Å². The fourth-order valence-corrected chi connectivity index (χ4v) is 2.54. The summed E-state index contributed by atoms with van der Waals surface area (Å²) in [6.45, 7) is 4.10. The van der Waals surface area contributed by atoms with E-state index in [9.17, 15) is 9.59 Å². The molecule has 0 heterocycles. The van der Waals surface area contributed by atoms with E-state index >= 15 is 0 Å². The SMILES string of the molecule is CNC(=O)C(C)CN(C)C(C)C(=O)c1ccc(Cl)cc1Cl. The summed E-state index contributed by atoms with van der Waals surface area (Å²) in [4.78, 5) is 25.9. The van der Waals surface area contributed by atoms with Crippen LogP contribution in [0.3, 0.4) is 0 Å². The monoisotopic (exact) mass is 330 g/mol. The van der Waals surface area contributed by atoms with E-state index in [1.165, 1.54) is 0 Å². The van der Waals surface area contributed by atoms with E-state index in [0.29, 0.717) is 22.2 Å². The molecule has 0 aromatic heterocycles. The van der Waals surface area contributed by atoms with Crippen molar-refractivity contribution in [1.82, 2.24) is 10.2 Å². The number of halogens is 2. The van der Waals surface area contributed by atoms with Crippen molar-refractivity contribution >= 4 is 34.9 Å². The molecule has 116 valence electrons. The van der Waals surface area contributed by atoms with Gasteiger partial charge in [-0.25, -0.2) is 0 Å². The number of nitrogens with one attached hydrogen (secondary N) is 1. The van der Waals surface area contributed by atoms with Gasteiger partial charge in [-0.2, -0.15) is 0 Å². The van der Waals surface area contributed by atoms with Gasteiger partial charge in [0.1, 0.15) is 0 Å². The number of nitrogens with zero attached hydrogens (tertiary/aromatic N) is 1. The summed E-state index contributed by atoms with van der Waals surface area (Å²) in [7, 11) is 3.41. The van der Waals surface area contributed by atoms with E-state index in [-0.39, 0.29) is 23.7 Å². The summed E-state index contributed by atoms with van der Waals surface area (Å²) in [6, 6.07) is 4.44. The number of carbonyl (C=O) groups excluding carboxylic acids is 2. The van der Waals surface area contributed by atoms with Crippen LogP contribution in [0.1, 0.15) is 24.2 Å². The highest BCUT2D eigenvalue weighted by molar-refractivity contribution is 6.37. The topological polar surface area (TPSA) is 49.4 Å². The third kappa shape index (κ3) is 4.70. The van der Waals surface area contributed by atoms with E-state index in [4.69, 9.17) is 23.2 Å². The van der Waals surface area contributed by atoms with Crippen LogP contribution in [-0.4, -0.2) is 43.3 Å². The zero-order chi connectivity index (χ0) is 16.2. The van der Waals surface area contributed by atoms with Gasteiger partial charge < -0.3 is 5.32 Å². The first kappa shape index (κ1) is 18.0. The molecule has 0 aliphatic rings. The third-order valence-corrected chi connectivity index (χ3v) is 4.04. The maximum absolute atomic E-state index is 12.5. The lowest BCUT2D eigenvalue weighted by molar-refractivity contribution is -0.124. The molecule has 0 saturated carbocycles. The van der Waals surface area contributed by atoms with Gasteiger partial charge >= 0.3 is 0 Å². The lowest BCUT2D eigenvalue weighted by Gasteiger charge is -2.26. The maximum Gasteiger partial charge on any atom is 0.223 e. The van der Waals surface area contributed by atoms with Crippen LogP contribution in [0.25, 0.3) is 0 Å². The predicted octanol–water partition coefficient (Wildman–Crippen LogP) is 2.88. The number of ketones is 1. The molecule has 0 bridgehead atoms. The van der Waals surface area contributed by atoms with Gasteiger partial charge in [-0.05, 0) is 32.2 Å². The predicted molar refractivity (Wildman–Crippen MR) is 86.1 cm³/mol. The zero-order valence-electron chi connectivity index (χ0n) is 12.6. The average Bonchev–Trinajstić information content (AvgIpc) is 2.44. The Bertz CT molecular complexity index is 534. The fourth-order valence-electron chi connectivity index (χ4n) is 2.03. The first-order valence-corrected chi connectivity index (χ1v) is 7.44. The summed E-state index contributed by atoms with van der Waals surface area (Å²) in [5, 5.41) is 3.43. The number of hydrogen-bond acceptors (Lipinski definition) is 3. The van der Waals surface area contributed by atoms with Gasteiger partial charge in [0, 0.05) is 30.1 Å². The van der Waals surface area contributed by atoms with Crippen LogP contribution < -0.4 is 5.32 Å². The zero-order valence-corrected chi connectivity index (χ0v) is 14.1. The van der Waals surface area contributed by atoms with Crippen molar-refractivity contribution < 1.29 is 9.59 Å². The lowest BCUT2D eigenvalue weighted by atomic mass is 10.0. The van der Waals surface area contributed by atoms with Crippen LogP contribution in [0.5, 0.6) is 0 Å². The average molecular weight is 331 g/mol. The Labute approximate surface area is 135 Å². The fraction of sp³-hybridized carbons (Fsp3) is 0.467. The molecule has 0 fully saturated rings. The van der Waals surface area contributed by atoms with Crippen LogP contribution in [-0.2, 0) is 4.79 Å². The van der Waals surface area contributed by atoms with Crippen LogP contribution in [0.15, 0.2) is 18.2 Å². The number of carbonyl (C=O) groups is 2. The van der Waals surface area contributed by atoms with Crippen molar-refractivity contribution in [2.75, 3.05) is 20.6 Å². The second kappa shape index (κ2) is 7.78. The van der Waals surface area contributed by atoms with E-state index in [0.717, 1.165) is 0 Å². The summed E-state index contributed by atoms with van der Waals surface area (Å²) in [6.07, 6.45) is 0. The number of likely N-dealkylation sites (N-methyl/N-ethyl adjacent to an activating group) is 1. The molecule has 1 amide bonds. The number of rotatable bonds is 6. The summed E-state index contributed by atoms with van der Waals surface area (Å²) < 4.78 is 0. The van der Waals surface area contributed by atoms with Gasteiger partial charge in [-0.3, -0.25) is 14.5 Å². The molecular formula is C15H20Cl2N2O2. The minimum absolute atomic E-state index is 0.0500. The van der Waals surface area contributed by atoms with Gasteiger partial charge in [0.15, 0.2) is 5.78 Å². The highest BCUT2D eigenvalue weighted by Crippen LogP contribution is 2.23. The van der Waals surface area contributed by atoms with Crippen LogP contribution in [0, 0.1) is 5.92 Å². The minimum atomic E-state index is -0.379. The first-order valence-electron chi connectivity index (χ1n) is 6.69.